The fourth-order valence-electron chi connectivity index (χ4n) is 6.17. The quantitative estimate of drug-likeness (QED) is 0.0527. The Bertz CT molecular complexity index is 2130. The van der Waals surface area contributed by atoms with Gasteiger partial charge in [-0.15, -0.1) is 0 Å². The summed E-state index contributed by atoms with van der Waals surface area (Å²) in [6.45, 7) is 2.49. The van der Waals surface area contributed by atoms with Gasteiger partial charge in [-0.2, -0.15) is 0 Å². The number of H-pyrrole nitrogens is 2. The van der Waals surface area contributed by atoms with Crippen molar-refractivity contribution in [2.24, 2.45) is 11.7 Å². The van der Waals surface area contributed by atoms with Crippen LogP contribution in [0.25, 0.3) is 21.8 Å². The van der Waals surface area contributed by atoms with E-state index >= 15 is 0 Å². The summed E-state index contributed by atoms with van der Waals surface area (Å²) in [5, 5.41) is 41.5. The predicted octanol–water partition coefficient (Wildman–Crippen LogP) is -0.103. The highest BCUT2D eigenvalue weighted by Gasteiger charge is 2.34. The third-order valence-corrected chi connectivity index (χ3v) is 9.14. The topological polar surface area (TPSA) is 315 Å². The van der Waals surface area contributed by atoms with Gasteiger partial charge in [-0.1, -0.05) is 50.2 Å². The van der Waals surface area contributed by atoms with Crippen molar-refractivity contribution in [1.29, 1.82) is 0 Å². The van der Waals surface area contributed by atoms with E-state index in [1.54, 1.807) is 50.5 Å². The number of benzene rings is 2. The normalized spacial score (nSPS) is 13.8. The zero-order valence-electron chi connectivity index (χ0n) is 31.2. The number of aromatic nitrogens is 2. The van der Waals surface area contributed by atoms with Crippen LogP contribution in [0.2, 0.25) is 0 Å². The summed E-state index contributed by atoms with van der Waals surface area (Å²) in [6.07, 6.45) is 1.15. The summed E-state index contributed by atoms with van der Waals surface area (Å²) >= 11 is 0. The number of nitrogens with one attached hydrogen (secondary N) is 7. The van der Waals surface area contributed by atoms with Crippen LogP contribution >= 0.6 is 0 Å². The van der Waals surface area contributed by atoms with Crippen LogP contribution in [0, 0.1) is 5.92 Å². The molecule has 0 radical (unpaired) electrons. The molecule has 0 spiro atoms. The second-order valence-corrected chi connectivity index (χ2v) is 13.8. The van der Waals surface area contributed by atoms with Crippen molar-refractivity contribution in [3.05, 3.63) is 72.1 Å². The van der Waals surface area contributed by atoms with Crippen molar-refractivity contribution in [2.45, 2.75) is 76.2 Å². The van der Waals surface area contributed by atoms with E-state index in [1.807, 2.05) is 24.3 Å². The number of hydrogen-bond acceptors (Lipinski definition) is 9. The summed E-state index contributed by atoms with van der Waals surface area (Å²) in [5.41, 5.74) is 8.97. The van der Waals surface area contributed by atoms with Crippen molar-refractivity contribution in [3.63, 3.8) is 0 Å². The number of nitrogens with two attached hydrogens (primary N) is 1. The lowest BCUT2D eigenvalue weighted by Crippen LogP contribution is -2.60. The Morgan fingerprint density at radius 2 is 1.12 bits per heavy atom. The largest absolute Gasteiger partial charge is 0.481 e. The van der Waals surface area contributed by atoms with Crippen LogP contribution in [0.3, 0.4) is 0 Å². The van der Waals surface area contributed by atoms with Gasteiger partial charge in [0, 0.05) is 47.0 Å². The number of aromatic amines is 2. The minimum atomic E-state index is -1.84. The molecule has 304 valence electrons. The molecule has 0 fully saturated rings. The molecule has 19 nitrogen and oxygen atoms in total. The molecule has 57 heavy (non-hydrogen) atoms. The predicted molar refractivity (Wildman–Crippen MR) is 204 cm³/mol. The fraction of sp³-hybridized carbons (Fsp3) is 0.368. The number of carbonyl (C=O) groups is 8. The Morgan fingerprint density at radius 1 is 0.614 bits per heavy atom. The number of carbonyl (C=O) groups excluding carboxylic acids is 5. The summed E-state index contributed by atoms with van der Waals surface area (Å²) in [7, 11) is 0. The van der Waals surface area contributed by atoms with Crippen molar-refractivity contribution in [2.75, 3.05) is 6.54 Å². The average molecular weight is 791 g/mol. The Hall–Kier alpha value is -6.76. The fourth-order valence-corrected chi connectivity index (χ4v) is 6.17. The Labute approximate surface area is 325 Å². The molecule has 0 saturated carbocycles. The molecule has 4 aromatic rings. The van der Waals surface area contributed by atoms with Crippen LogP contribution < -0.4 is 32.3 Å². The number of rotatable bonds is 21. The van der Waals surface area contributed by atoms with Gasteiger partial charge >= 0.3 is 17.9 Å². The Balaban J connectivity index is 1.55. The maximum Gasteiger partial charge on any atom is 0.322 e. The van der Waals surface area contributed by atoms with Gasteiger partial charge in [-0.3, -0.25) is 38.4 Å². The maximum absolute atomic E-state index is 13.8. The van der Waals surface area contributed by atoms with Crippen LogP contribution in [0.4, 0.5) is 0 Å². The zero-order valence-corrected chi connectivity index (χ0v) is 31.2. The number of hydrogen-bond donors (Lipinski definition) is 11. The first-order valence-electron chi connectivity index (χ1n) is 18.0. The Kier molecular flexibility index (Phi) is 14.9. The second kappa shape index (κ2) is 19.7. The summed E-state index contributed by atoms with van der Waals surface area (Å²) in [6, 6.07) is 7.08. The van der Waals surface area contributed by atoms with Gasteiger partial charge in [0.05, 0.1) is 12.5 Å². The van der Waals surface area contributed by atoms with Gasteiger partial charge in [0.2, 0.25) is 29.5 Å². The number of aliphatic carboxylic acids is 3. The highest BCUT2D eigenvalue weighted by Crippen LogP contribution is 2.21. The van der Waals surface area contributed by atoms with Crippen molar-refractivity contribution in [1.82, 2.24) is 36.6 Å². The van der Waals surface area contributed by atoms with Gasteiger partial charge in [0.25, 0.3) is 0 Å². The number of para-hydroxylation sites is 2. The molecule has 0 aliphatic heterocycles. The van der Waals surface area contributed by atoms with E-state index in [0.29, 0.717) is 22.0 Å². The number of carboxylic acids is 3. The molecule has 0 bridgehead atoms. The highest BCUT2D eigenvalue weighted by atomic mass is 16.4. The minimum absolute atomic E-state index is 0.0475. The van der Waals surface area contributed by atoms with Crippen LogP contribution in [-0.2, 0) is 51.2 Å². The average Bonchev–Trinajstić information content (AvgIpc) is 3.77. The van der Waals surface area contributed by atoms with E-state index in [9.17, 15) is 48.6 Å². The smallest absolute Gasteiger partial charge is 0.322 e. The van der Waals surface area contributed by atoms with E-state index in [2.05, 4.69) is 36.6 Å². The van der Waals surface area contributed by atoms with Crippen LogP contribution in [-0.4, -0.2) is 109 Å². The first-order chi connectivity index (χ1) is 27.0. The van der Waals surface area contributed by atoms with Crippen molar-refractivity contribution in [3.8, 4) is 0 Å². The van der Waals surface area contributed by atoms with Crippen LogP contribution in [0.15, 0.2) is 60.9 Å². The van der Waals surface area contributed by atoms with E-state index in [1.165, 1.54) is 0 Å². The van der Waals surface area contributed by atoms with Gasteiger partial charge in [-0.25, -0.2) is 0 Å². The molecule has 0 aliphatic carbocycles. The Morgan fingerprint density at radius 3 is 1.67 bits per heavy atom. The van der Waals surface area contributed by atoms with E-state index in [4.69, 9.17) is 10.8 Å². The summed E-state index contributed by atoms with van der Waals surface area (Å²) in [4.78, 5) is 108. The molecule has 5 amide bonds. The molecule has 19 heteroatoms. The third kappa shape index (κ3) is 12.1. The van der Waals surface area contributed by atoms with Crippen molar-refractivity contribution >= 4 is 69.2 Å². The maximum atomic E-state index is 13.8. The van der Waals surface area contributed by atoms with Crippen LogP contribution in [0.5, 0.6) is 0 Å². The summed E-state index contributed by atoms with van der Waals surface area (Å²) < 4.78 is 0. The summed E-state index contributed by atoms with van der Waals surface area (Å²) in [5.74, 6) is -9.38. The lowest BCUT2D eigenvalue weighted by molar-refractivity contribution is -0.141. The number of carboxylic acid groups (broad SMARTS) is 3. The molecule has 0 unspecified atom stereocenters. The van der Waals surface area contributed by atoms with Gasteiger partial charge in [-0.05, 0) is 42.0 Å². The molecule has 5 atom stereocenters. The molecule has 2 aromatic carbocycles. The van der Waals surface area contributed by atoms with E-state index < -0.39 is 109 Å². The molecular formula is C38H46N8O11. The molecule has 4 rings (SSSR count). The van der Waals surface area contributed by atoms with Gasteiger partial charge < -0.3 is 57.6 Å². The third-order valence-electron chi connectivity index (χ3n) is 9.14. The van der Waals surface area contributed by atoms with E-state index in [-0.39, 0.29) is 12.8 Å². The number of amides is 5. The first-order valence-corrected chi connectivity index (χ1v) is 18.0. The number of fused-ring (bicyclic) bond motifs is 2. The lowest BCUT2D eigenvalue weighted by atomic mass is 10.00. The molecule has 2 heterocycles. The zero-order chi connectivity index (χ0) is 41.8. The molecule has 0 aliphatic rings. The second-order valence-electron chi connectivity index (χ2n) is 13.8. The molecule has 0 saturated heterocycles. The monoisotopic (exact) mass is 790 g/mol. The minimum Gasteiger partial charge on any atom is -0.481 e. The molecule has 2 aromatic heterocycles. The van der Waals surface area contributed by atoms with Crippen molar-refractivity contribution < 1.29 is 53.7 Å². The SMILES string of the molecule is CC(C)[C@H](NC(=O)[C@H](Cc1c[nH]c2ccccc12)NC(=O)[C@H](CC(=O)O)NC(=O)[C@H](CCC(=O)O)NC(=O)[C@@H](N)Cc1c[nH]c2ccccc12)C(=O)NCC(=O)O. The molecular weight excluding hydrogens is 744 g/mol. The highest BCUT2D eigenvalue weighted by molar-refractivity contribution is 5.98. The standard InChI is InChI=1S/C38H46N8O11/c1-19(2)33(38(57)42-18-32(51)52)46-37(56)28(14-21-17-41-26-10-6-4-8-23(21)26)44-36(55)29(15-31(49)50)45-35(54)27(11-12-30(47)48)43-34(53)24(39)13-20-16-40-25-9-5-3-7-22(20)25/h3-10,16-17,19,24,27-29,33,40-41H,11-15,18,39H2,1-2H3,(H,42,57)(H,43,53)(H,44,55)(H,45,54)(H,46,56)(H,47,48)(H,49,50)(H,51,52)/t24-,27-,28-,29-,33-/m0/s1. The lowest BCUT2D eigenvalue weighted by Gasteiger charge is -2.27. The van der Waals surface area contributed by atoms with Gasteiger partial charge in [0.15, 0.2) is 0 Å². The van der Waals surface area contributed by atoms with E-state index in [0.717, 1.165) is 10.9 Å². The van der Waals surface area contributed by atoms with Crippen LogP contribution in [0.1, 0.15) is 44.2 Å². The first kappa shape index (κ1) is 43.0. The molecule has 12 N–H and O–H groups in total. The van der Waals surface area contributed by atoms with Gasteiger partial charge in [0.1, 0.15) is 30.7 Å².